The lowest BCUT2D eigenvalue weighted by Crippen LogP contribution is -2.43. The molecule has 2 aliphatic heterocycles. The minimum atomic E-state index is -0.963. The lowest BCUT2D eigenvalue weighted by Gasteiger charge is -2.34. The van der Waals surface area contributed by atoms with E-state index in [0.29, 0.717) is 18.5 Å². The maximum absolute atomic E-state index is 13.7. The number of nitrogens with one attached hydrogen (secondary N) is 1. The van der Waals surface area contributed by atoms with Gasteiger partial charge in [0.15, 0.2) is 0 Å². The summed E-state index contributed by atoms with van der Waals surface area (Å²) in [5, 5.41) is 7.28. The molecule has 152 valence electrons. The quantitative estimate of drug-likeness (QED) is 0.682. The zero-order valence-corrected chi connectivity index (χ0v) is 16.9. The van der Waals surface area contributed by atoms with E-state index >= 15 is 0 Å². The molecule has 0 saturated carbocycles. The molecule has 2 aliphatic rings. The van der Waals surface area contributed by atoms with E-state index in [1.807, 2.05) is 24.3 Å². The van der Waals surface area contributed by atoms with E-state index in [4.69, 9.17) is 11.6 Å². The first-order chi connectivity index (χ1) is 14.4. The molecule has 2 atom stereocenters. The molecule has 1 aromatic heterocycles. The van der Waals surface area contributed by atoms with Crippen LogP contribution in [0.15, 0.2) is 54.7 Å². The molecular formula is C22H18ClFN4O2. The molecule has 0 bridgehead atoms. The molecule has 1 spiro atoms. The Balaban J connectivity index is 1.69. The number of para-hydroxylation sites is 1. The van der Waals surface area contributed by atoms with Crippen molar-refractivity contribution in [2.24, 2.45) is 7.05 Å². The van der Waals surface area contributed by atoms with E-state index in [1.54, 1.807) is 24.1 Å². The van der Waals surface area contributed by atoms with Gasteiger partial charge in [0.05, 0.1) is 17.3 Å². The summed E-state index contributed by atoms with van der Waals surface area (Å²) >= 11 is 6.23. The largest absolute Gasteiger partial charge is 0.329 e. The number of carbonyl (C=O) groups excluding carboxylic acids is 2. The Hall–Kier alpha value is -3.19. The number of nitrogens with zero attached hydrogens (tertiary/aromatic N) is 3. The second-order valence-corrected chi connectivity index (χ2v) is 8.05. The molecule has 30 heavy (non-hydrogen) atoms. The van der Waals surface area contributed by atoms with Crippen LogP contribution in [0.1, 0.15) is 34.1 Å². The van der Waals surface area contributed by atoms with E-state index in [2.05, 4.69) is 10.4 Å². The monoisotopic (exact) mass is 424 g/mol. The standard InChI is InChI=1S/C22H18ClFN4O2/c1-27-18(16(23)12-25-27)20(29)28-11-10-22(19(28)13-6-8-14(24)9-7-13)15-4-2-3-5-17(15)26-21(22)30/h2-9,12,19H,10-11H2,1H3,(H,26,30)/t19-,22+/m0/s1. The van der Waals surface area contributed by atoms with Gasteiger partial charge in [-0.3, -0.25) is 14.3 Å². The molecule has 1 fully saturated rings. The number of hydrogen-bond donors (Lipinski definition) is 1. The molecule has 0 aliphatic carbocycles. The minimum Gasteiger partial charge on any atom is -0.329 e. The maximum Gasteiger partial charge on any atom is 0.274 e. The third-order valence-corrected chi connectivity index (χ3v) is 6.41. The molecule has 3 aromatic rings. The van der Waals surface area contributed by atoms with E-state index < -0.39 is 11.5 Å². The van der Waals surface area contributed by atoms with Crippen LogP contribution in [0.2, 0.25) is 5.02 Å². The molecule has 1 saturated heterocycles. The van der Waals surface area contributed by atoms with Gasteiger partial charge in [-0.25, -0.2) is 4.39 Å². The lowest BCUT2D eigenvalue weighted by atomic mass is 9.72. The first-order valence-corrected chi connectivity index (χ1v) is 9.96. The SMILES string of the molecule is Cn1ncc(Cl)c1C(=O)N1CC[C@]2(C(=O)Nc3ccccc32)[C@@H]1c1ccc(F)cc1. The Morgan fingerprint density at radius 3 is 2.67 bits per heavy atom. The first-order valence-electron chi connectivity index (χ1n) is 9.58. The number of likely N-dealkylation sites (tertiary alicyclic amines) is 1. The molecule has 1 N–H and O–H groups in total. The normalized spacial score (nSPS) is 22.4. The van der Waals surface area contributed by atoms with E-state index in [0.717, 1.165) is 11.3 Å². The Labute approximate surface area is 177 Å². The zero-order chi connectivity index (χ0) is 21.0. The van der Waals surface area contributed by atoms with Crippen molar-refractivity contribution < 1.29 is 14.0 Å². The molecular weight excluding hydrogens is 407 g/mol. The van der Waals surface area contributed by atoms with Gasteiger partial charge in [-0.15, -0.1) is 0 Å². The van der Waals surface area contributed by atoms with Crippen LogP contribution in [0.4, 0.5) is 10.1 Å². The van der Waals surface area contributed by atoms with Crippen LogP contribution in [0.5, 0.6) is 0 Å². The van der Waals surface area contributed by atoms with Gasteiger partial charge >= 0.3 is 0 Å². The highest BCUT2D eigenvalue weighted by molar-refractivity contribution is 6.33. The fourth-order valence-corrected chi connectivity index (χ4v) is 5.05. The maximum atomic E-state index is 13.7. The highest BCUT2D eigenvalue weighted by atomic mass is 35.5. The van der Waals surface area contributed by atoms with Crippen molar-refractivity contribution in [3.63, 3.8) is 0 Å². The van der Waals surface area contributed by atoms with Crippen molar-refractivity contribution in [3.05, 3.63) is 82.4 Å². The number of fused-ring (bicyclic) bond motifs is 2. The summed E-state index contributed by atoms with van der Waals surface area (Å²) in [6.07, 6.45) is 1.87. The summed E-state index contributed by atoms with van der Waals surface area (Å²) in [5.74, 6) is -0.859. The third-order valence-electron chi connectivity index (χ3n) is 6.13. The number of aryl methyl sites for hydroxylation is 1. The van der Waals surface area contributed by atoms with Gasteiger partial charge < -0.3 is 10.2 Å². The summed E-state index contributed by atoms with van der Waals surface area (Å²) in [6.45, 7) is 0.351. The Kier molecular flexibility index (Phi) is 4.18. The van der Waals surface area contributed by atoms with E-state index in [9.17, 15) is 14.0 Å². The molecule has 5 rings (SSSR count). The molecule has 6 nitrogen and oxygen atoms in total. The van der Waals surface area contributed by atoms with Gasteiger partial charge in [-0.2, -0.15) is 5.10 Å². The number of benzene rings is 2. The minimum absolute atomic E-state index is 0.163. The van der Waals surface area contributed by atoms with E-state index in [1.165, 1.54) is 23.0 Å². The topological polar surface area (TPSA) is 67.2 Å². The molecule has 2 amide bonds. The van der Waals surface area contributed by atoms with E-state index in [-0.39, 0.29) is 28.3 Å². The molecule has 0 unspecified atom stereocenters. The predicted molar refractivity (Wildman–Crippen MR) is 110 cm³/mol. The second kappa shape index (κ2) is 6.67. The summed E-state index contributed by atoms with van der Waals surface area (Å²) in [7, 11) is 1.65. The first kappa shape index (κ1) is 18.8. The number of carbonyl (C=O) groups is 2. The number of halogens is 2. The summed E-state index contributed by atoms with van der Waals surface area (Å²) < 4.78 is 15.1. The smallest absolute Gasteiger partial charge is 0.274 e. The number of amides is 2. The van der Waals surface area contributed by atoms with Crippen molar-refractivity contribution in [1.29, 1.82) is 0 Å². The van der Waals surface area contributed by atoms with Crippen LogP contribution in [0.25, 0.3) is 0 Å². The predicted octanol–water partition coefficient (Wildman–Crippen LogP) is 3.69. The van der Waals surface area contributed by atoms with Gasteiger partial charge in [-0.1, -0.05) is 41.9 Å². The summed E-state index contributed by atoms with van der Waals surface area (Å²) in [6, 6.07) is 12.9. The van der Waals surface area contributed by atoms with Crippen LogP contribution < -0.4 is 5.32 Å². The van der Waals surface area contributed by atoms with Crippen LogP contribution in [-0.2, 0) is 17.3 Å². The highest BCUT2D eigenvalue weighted by Crippen LogP contribution is 2.55. The van der Waals surface area contributed by atoms with Crippen LogP contribution >= 0.6 is 11.6 Å². The second-order valence-electron chi connectivity index (χ2n) is 7.64. The molecule has 3 heterocycles. The van der Waals surface area contributed by atoms with Gasteiger partial charge in [0.1, 0.15) is 16.9 Å². The number of anilines is 1. The summed E-state index contributed by atoms with van der Waals surface area (Å²) in [4.78, 5) is 28.5. The van der Waals surface area contributed by atoms with Crippen LogP contribution in [0.3, 0.4) is 0 Å². The Morgan fingerprint density at radius 2 is 1.97 bits per heavy atom. The third kappa shape index (κ3) is 2.51. The number of rotatable bonds is 2. The van der Waals surface area contributed by atoms with Gasteiger partial charge in [0, 0.05) is 19.3 Å². The molecule has 8 heteroatoms. The fraction of sp³-hybridized carbons (Fsp3) is 0.227. The number of hydrogen-bond acceptors (Lipinski definition) is 3. The van der Waals surface area contributed by atoms with Gasteiger partial charge in [0.25, 0.3) is 5.91 Å². The van der Waals surface area contributed by atoms with Gasteiger partial charge in [0.2, 0.25) is 5.91 Å². The van der Waals surface area contributed by atoms with Crippen molar-refractivity contribution >= 4 is 29.1 Å². The van der Waals surface area contributed by atoms with Crippen molar-refractivity contribution in [2.75, 3.05) is 11.9 Å². The average Bonchev–Trinajstić information content (AvgIpc) is 3.38. The molecule has 0 radical (unpaired) electrons. The van der Waals surface area contributed by atoms with Gasteiger partial charge in [-0.05, 0) is 35.7 Å². The highest BCUT2D eigenvalue weighted by Gasteiger charge is 2.59. The van der Waals surface area contributed by atoms with Crippen LogP contribution in [0, 0.1) is 5.82 Å². The lowest BCUT2D eigenvalue weighted by molar-refractivity contribution is -0.121. The van der Waals surface area contributed by atoms with Crippen molar-refractivity contribution in [1.82, 2.24) is 14.7 Å². The Morgan fingerprint density at radius 1 is 1.23 bits per heavy atom. The van der Waals surface area contributed by atoms with Crippen LogP contribution in [-0.4, -0.2) is 33.0 Å². The fourth-order valence-electron chi connectivity index (χ4n) is 4.80. The van der Waals surface area contributed by atoms with Crippen molar-refractivity contribution in [2.45, 2.75) is 17.9 Å². The average molecular weight is 425 g/mol. The Bertz CT molecular complexity index is 1160. The number of aromatic nitrogens is 2. The summed E-state index contributed by atoms with van der Waals surface area (Å²) in [5.41, 5.74) is 1.56. The zero-order valence-electron chi connectivity index (χ0n) is 16.1. The molecule has 2 aromatic carbocycles. The van der Waals surface area contributed by atoms with Crippen molar-refractivity contribution in [3.8, 4) is 0 Å².